The third kappa shape index (κ3) is 3.96. The number of hydrogen-bond acceptors (Lipinski definition) is 4. The Kier molecular flexibility index (Phi) is 6.70. The number of ether oxygens (including phenoxy) is 1. The van der Waals surface area contributed by atoms with Crippen molar-refractivity contribution in [3.8, 4) is 0 Å². The molecule has 0 aromatic carbocycles. The van der Waals surface area contributed by atoms with Crippen molar-refractivity contribution >= 4 is 28.9 Å². The summed E-state index contributed by atoms with van der Waals surface area (Å²) in [5.41, 5.74) is 4.65. The molecule has 0 aromatic rings. The van der Waals surface area contributed by atoms with Crippen LogP contribution in [-0.4, -0.2) is 30.1 Å². The second kappa shape index (κ2) is 6.96. The second-order valence-corrected chi connectivity index (χ2v) is 4.29. The van der Waals surface area contributed by atoms with Crippen molar-refractivity contribution in [2.24, 2.45) is 5.73 Å². The van der Waals surface area contributed by atoms with Crippen molar-refractivity contribution < 1.29 is 14.3 Å². The number of amides is 1. The molecule has 1 saturated carbocycles. The lowest BCUT2D eigenvalue weighted by molar-refractivity contribution is -0.153. The standard InChI is InChI=1S/C11H20N2O3.BrH/c1-3-16-10(15)11(6-4-5-7-11)13-9(14)8(2)12;/h8H,3-7,12H2,1-2H3,(H,13,14);1H/t8-;/m0./s1. The van der Waals surface area contributed by atoms with Crippen LogP contribution in [0.15, 0.2) is 0 Å². The number of nitrogens with one attached hydrogen (secondary N) is 1. The molecule has 0 aliphatic heterocycles. The quantitative estimate of drug-likeness (QED) is 0.756. The summed E-state index contributed by atoms with van der Waals surface area (Å²) >= 11 is 0. The van der Waals surface area contributed by atoms with E-state index in [9.17, 15) is 9.59 Å². The fraction of sp³-hybridized carbons (Fsp3) is 0.818. The minimum atomic E-state index is -0.833. The number of hydrogen-bond donors (Lipinski definition) is 2. The van der Waals surface area contributed by atoms with Crippen LogP contribution in [0.1, 0.15) is 39.5 Å². The van der Waals surface area contributed by atoms with Gasteiger partial charge in [0.05, 0.1) is 12.6 Å². The highest BCUT2D eigenvalue weighted by molar-refractivity contribution is 8.93. The Bertz CT molecular complexity index is 276. The Balaban J connectivity index is 0.00000256. The Morgan fingerprint density at radius 3 is 2.35 bits per heavy atom. The first-order valence-corrected chi connectivity index (χ1v) is 5.76. The zero-order chi connectivity index (χ0) is 12.2. The summed E-state index contributed by atoms with van der Waals surface area (Å²) < 4.78 is 5.02. The van der Waals surface area contributed by atoms with Gasteiger partial charge in [0, 0.05) is 0 Å². The van der Waals surface area contributed by atoms with Crippen molar-refractivity contribution in [1.82, 2.24) is 5.32 Å². The zero-order valence-corrected chi connectivity index (χ0v) is 12.0. The highest BCUT2D eigenvalue weighted by Crippen LogP contribution is 2.30. The monoisotopic (exact) mass is 308 g/mol. The molecule has 6 heteroatoms. The molecular formula is C11H21BrN2O3. The third-order valence-corrected chi connectivity index (χ3v) is 2.90. The van der Waals surface area contributed by atoms with Gasteiger partial charge in [0.15, 0.2) is 0 Å². The predicted molar refractivity (Wildman–Crippen MR) is 69.9 cm³/mol. The zero-order valence-electron chi connectivity index (χ0n) is 10.3. The molecule has 1 amide bonds. The van der Waals surface area contributed by atoms with E-state index < -0.39 is 11.6 Å². The Labute approximate surface area is 112 Å². The lowest BCUT2D eigenvalue weighted by Crippen LogP contribution is -2.56. The van der Waals surface area contributed by atoms with Crippen LogP contribution < -0.4 is 11.1 Å². The van der Waals surface area contributed by atoms with Gasteiger partial charge in [-0.25, -0.2) is 4.79 Å². The normalized spacial score (nSPS) is 19.0. The van der Waals surface area contributed by atoms with Crippen molar-refractivity contribution in [2.45, 2.75) is 51.1 Å². The van der Waals surface area contributed by atoms with Gasteiger partial charge in [-0.15, -0.1) is 17.0 Å². The van der Waals surface area contributed by atoms with Gasteiger partial charge in [0.25, 0.3) is 0 Å². The van der Waals surface area contributed by atoms with E-state index in [4.69, 9.17) is 10.5 Å². The molecular weight excluding hydrogens is 288 g/mol. The summed E-state index contributed by atoms with van der Waals surface area (Å²) in [5.74, 6) is -0.628. The molecule has 0 unspecified atom stereocenters. The first-order chi connectivity index (χ1) is 7.52. The van der Waals surface area contributed by atoms with E-state index in [2.05, 4.69) is 5.32 Å². The first-order valence-electron chi connectivity index (χ1n) is 5.76. The van der Waals surface area contributed by atoms with Gasteiger partial charge in [-0.05, 0) is 26.7 Å². The molecule has 1 fully saturated rings. The largest absolute Gasteiger partial charge is 0.464 e. The molecule has 3 N–H and O–H groups in total. The highest BCUT2D eigenvalue weighted by atomic mass is 79.9. The lowest BCUT2D eigenvalue weighted by Gasteiger charge is -2.28. The minimum Gasteiger partial charge on any atom is -0.464 e. The summed E-state index contributed by atoms with van der Waals surface area (Å²) in [6, 6.07) is -0.605. The summed E-state index contributed by atoms with van der Waals surface area (Å²) in [7, 11) is 0. The predicted octanol–water partition coefficient (Wildman–Crippen LogP) is 0.904. The second-order valence-electron chi connectivity index (χ2n) is 4.29. The molecule has 100 valence electrons. The molecule has 1 aliphatic carbocycles. The summed E-state index contributed by atoms with van der Waals surface area (Å²) in [4.78, 5) is 23.4. The van der Waals surface area contributed by atoms with Gasteiger partial charge in [-0.1, -0.05) is 12.8 Å². The third-order valence-electron chi connectivity index (χ3n) is 2.90. The number of carbonyl (C=O) groups is 2. The molecule has 0 saturated heterocycles. The molecule has 0 radical (unpaired) electrons. The van der Waals surface area contributed by atoms with Crippen LogP contribution in [0.4, 0.5) is 0 Å². The van der Waals surface area contributed by atoms with E-state index in [1.54, 1.807) is 13.8 Å². The number of halogens is 1. The van der Waals surface area contributed by atoms with Crippen LogP contribution in [0, 0.1) is 0 Å². The molecule has 0 heterocycles. The van der Waals surface area contributed by atoms with Crippen molar-refractivity contribution in [2.75, 3.05) is 6.61 Å². The van der Waals surface area contributed by atoms with Crippen molar-refractivity contribution in [3.63, 3.8) is 0 Å². The van der Waals surface area contributed by atoms with Crippen LogP contribution >= 0.6 is 17.0 Å². The molecule has 0 spiro atoms. The first kappa shape index (κ1) is 16.4. The van der Waals surface area contributed by atoms with Gasteiger partial charge in [-0.3, -0.25) is 4.79 Å². The average Bonchev–Trinajstić information content (AvgIpc) is 2.68. The number of rotatable bonds is 4. The van der Waals surface area contributed by atoms with Gasteiger partial charge in [0.2, 0.25) is 5.91 Å². The maximum Gasteiger partial charge on any atom is 0.331 e. The number of esters is 1. The van der Waals surface area contributed by atoms with Gasteiger partial charge < -0.3 is 15.8 Å². The van der Waals surface area contributed by atoms with E-state index in [1.807, 2.05) is 0 Å². The van der Waals surface area contributed by atoms with E-state index in [1.165, 1.54) is 0 Å². The molecule has 17 heavy (non-hydrogen) atoms. The van der Waals surface area contributed by atoms with Crippen LogP contribution in [0.3, 0.4) is 0 Å². The van der Waals surface area contributed by atoms with Crippen LogP contribution in [0.25, 0.3) is 0 Å². The Morgan fingerprint density at radius 2 is 1.94 bits per heavy atom. The maximum atomic E-state index is 11.8. The SMILES string of the molecule is Br.CCOC(=O)C1(NC(=O)[C@H](C)N)CCCC1. The number of nitrogens with two attached hydrogens (primary N) is 1. The molecule has 1 aliphatic rings. The van der Waals surface area contributed by atoms with Crippen LogP contribution in [-0.2, 0) is 14.3 Å². The van der Waals surface area contributed by atoms with Gasteiger partial charge >= 0.3 is 5.97 Å². The fourth-order valence-electron chi connectivity index (χ4n) is 1.98. The van der Waals surface area contributed by atoms with Crippen molar-refractivity contribution in [1.29, 1.82) is 0 Å². The van der Waals surface area contributed by atoms with Gasteiger partial charge in [0.1, 0.15) is 5.54 Å². The summed E-state index contributed by atoms with van der Waals surface area (Å²) in [5, 5.41) is 2.74. The van der Waals surface area contributed by atoms with E-state index >= 15 is 0 Å². The lowest BCUT2D eigenvalue weighted by atomic mass is 9.97. The van der Waals surface area contributed by atoms with E-state index in [0.717, 1.165) is 12.8 Å². The van der Waals surface area contributed by atoms with Crippen LogP contribution in [0.2, 0.25) is 0 Å². The van der Waals surface area contributed by atoms with Crippen molar-refractivity contribution in [3.05, 3.63) is 0 Å². The topological polar surface area (TPSA) is 81.4 Å². The summed E-state index contributed by atoms with van der Waals surface area (Å²) in [6.45, 7) is 3.69. The molecule has 0 bridgehead atoms. The smallest absolute Gasteiger partial charge is 0.331 e. The molecule has 0 aromatic heterocycles. The Morgan fingerprint density at radius 1 is 1.41 bits per heavy atom. The molecule has 1 rings (SSSR count). The van der Waals surface area contributed by atoms with Crippen LogP contribution in [0.5, 0.6) is 0 Å². The Hall–Kier alpha value is -0.620. The summed E-state index contributed by atoms with van der Waals surface area (Å²) in [6.07, 6.45) is 3.14. The molecule has 1 atom stereocenters. The fourth-order valence-corrected chi connectivity index (χ4v) is 1.98. The van der Waals surface area contributed by atoms with E-state index in [-0.39, 0.29) is 28.9 Å². The van der Waals surface area contributed by atoms with E-state index in [0.29, 0.717) is 19.4 Å². The minimum absolute atomic E-state index is 0. The highest BCUT2D eigenvalue weighted by Gasteiger charge is 2.44. The maximum absolute atomic E-state index is 11.8. The number of carbonyl (C=O) groups excluding carboxylic acids is 2. The molecule has 5 nitrogen and oxygen atoms in total. The average molecular weight is 309 g/mol. The van der Waals surface area contributed by atoms with Gasteiger partial charge in [-0.2, -0.15) is 0 Å².